The number of rotatable bonds is 7. The molecule has 110 valence electrons. The first kappa shape index (κ1) is 14.9. The molecule has 1 heterocycles. The molecule has 0 radical (unpaired) electrons. The lowest BCUT2D eigenvalue weighted by molar-refractivity contribution is -0.120. The van der Waals surface area contributed by atoms with Crippen LogP contribution < -0.4 is 10.2 Å². The lowest BCUT2D eigenvalue weighted by atomic mass is 10.1. The first-order valence-corrected chi connectivity index (χ1v) is 7.83. The number of nitrogens with one attached hydrogen (secondary N) is 1. The molecule has 1 aromatic carbocycles. The molecule has 3 nitrogen and oxygen atoms in total. The van der Waals surface area contributed by atoms with Gasteiger partial charge in [0.1, 0.15) is 0 Å². The van der Waals surface area contributed by atoms with Crippen molar-refractivity contribution in [2.24, 2.45) is 0 Å². The van der Waals surface area contributed by atoms with Gasteiger partial charge < -0.3 is 10.2 Å². The van der Waals surface area contributed by atoms with Crippen LogP contribution in [0, 0.1) is 0 Å². The first-order chi connectivity index (χ1) is 9.72. The number of unbranched alkanes of at least 4 members (excludes halogenated alkanes) is 2. The largest absolute Gasteiger partial charge is 0.368 e. The molecule has 20 heavy (non-hydrogen) atoms. The van der Waals surface area contributed by atoms with Crippen LogP contribution in [0.5, 0.6) is 0 Å². The number of benzene rings is 1. The third-order valence-corrected chi connectivity index (χ3v) is 4.03. The molecule has 1 aliphatic rings. The Hall–Kier alpha value is -1.51. The van der Waals surface area contributed by atoms with Gasteiger partial charge in [-0.1, -0.05) is 38.0 Å². The summed E-state index contributed by atoms with van der Waals surface area (Å²) in [5.41, 5.74) is 2.71. The molecule has 0 bridgehead atoms. The fourth-order valence-corrected chi connectivity index (χ4v) is 2.88. The van der Waals surface area contributed by atoms with Crippen molar-refractivity contribution < 1.29 is 4.79 Å². The Morgan fingerprint density at radius 2 is 2.15 bits per heavy atom. The van der Waals surface area contributed by atoms with Crippen molar-refractivity contribution in [1.29, 1.82) is 0 Å². The Labute approximate surface area is 122 Å². The highest BCUT2D eigenvalue weighted by Gasteiger charge is 2.25. The summed E-state index contributed by atoms with van der Waals surface area (Å²) in [5.74, 6) is 0.178. The van der Waals surface area contributed by atoms with E-state index in [0.29, 0.717) is 12.5 Å². The van der Waals surface area contributed by atoms with Gasteiger partial charge in [-0.2, -0.15) is 0 Å². The molecule has 1 aliphatic heterocycles. The van der Waals surface area contributed by atoms with Crippen LogP contribution in [0.15, 0.2) is 24.3 Å². The zero-order valence-corrected chi connectivity index (χ0v) is 12.7. The number of amides is 1. The van der Waals surface area contributed by atoms with E-state index in [0.717, 1.165) is 25.9 Å². The van der Waals surface area contributed by atoms with Gasteiger partial charge >= 0.3 is 0 Å². The Bertz CT molecular complexity index is 444. The maximum absolute atomic E-state index is 11.8. The van der Waals surface area contributed by atoms with Crippen LogP contribution in [0.4, 0.5) is 5.69 Å². The van der Waals surface area contributed by atoms with Crippen molar-refractivity contribution >= 4 is 11.6 Å². The van der Waals surface area contributed by atoms with Gasteiger partial charge in [-0.25, -0.2) is 0 Å². The van der Waals surface area contributed by atoms with E-state index in [4.69, 9.17) is 0 Å². The van der Waals surface area contributed by atoms with E-state index >= 15 is 0 Å². The topological polar surface area (TPSA) is 32.3 Å². The third-order valence-electron chi connectivity index (χ3n) is 4.03. The lowest BCUT2D eigenvalue weighted by Gasteiger charge is -2.24. The fourth-order valence-electron chi connectivity index (χ4n) is 2.88. The Morgan fingerprint density at radius 1 is 1.35 bits per heavy atom. The summed E-state index contributed by atoms with van der Waals surface area (Å²) in [6.07, 6.45) is 5.15. The Kier molecular flexibility index (Phi) is 5.45. The predicted octanol–water partition coefficient (Wildman–Crippen LogP) is 3.13. The molecule has 0 fully saturated rings. The van der Waals surface area contributed by atoms with Crippen LogP contribution in [0.25, 0.3) is 0 Å². The summed E-state index contributed by atoms with van der Waals surface area (Å²) >= 11 is 0. The molecule has 1 unspecified atom stereocenters. The van der Waals surface area contributed by atoms with Crippen LogP contribution in [0.2, 0.25) is 0 Å². The molecular weight excluding hydrogens is 248 g/mol. The van der Waals surface area contributed by atoms with E-state index in [1.807, 2.05) is 0 Å². The summed E-state index contributed by atoms with van der Waals surface area (Å²) < 4.78 is 0. The minimum atomic E-state index is 0.178. The van der Waals surface area contributed by atoms with Gasteiger partial charge in [0.15, 0.2) is 0 Å². The average molecular weight is 274 g/mol. The van der Waals surface area contributed by atoms with Crippen LogP contribution >= 0.6 is 0 Å². The summed E-state index contributed by atoms with van der Waals surface area (Å²) in [6, 6.07) is 9.03. The van der Waals surface area contributed by atoms with Gasteiger partial charge in [-0.15, -0.1) is 0 Å². The summed E-state index contributed by atoms with van der Waals surface area (Å²) in [7, 11) is 0. The number of nitrogens with zero attached hydrogens (tertiary/aromatic N) is 1. The Morgan fingerprint density at radius 3 is 2.95 bits per heavy atom. The van der Waals surface area contributed by atoms with Crippen LogP contribution in [-0.2, 0) is 11.2 Å². The van der Waals surface area contributed by atoms with Gasteiger partial charge in [-0.3, -0.25) is 4.79 Å². The number of anilines is 1. The second-order valence-corrected chi connectivity index (χ2v) is 5.68. The smallest absolute Gasteiger partial charge is 0.221 e. The van der Waals surface area contributed by atoms with Crippen molar-refractivity contribution in [2.45, 2.75) is 52.0 Å². The minimum absolute atomic E-state index is 0.178. The molecule has 1 amide bonds. The highest BCUT2D eigenvalue weighted by molar-refractivity contribution is 5.76. The highest BCUT2D eigenvalue weighted by atomic mass is 16.1. The fraction of sp³-hybridized carbons (Fsp3) is 0.588. The molecule has 3 heteroatoms. The quantitative estimate of drug-likeness (QED) is 0.775. The Balaban J connectivity index is 1.78. The van der Waals surface area contributed by atoms with Gasteiger partial charge in [0, 0.05) is 31.2 Å². The number of fused-ring (bicyclic) bond motifs is 1. The monoisotopic (exact) mass is 274 g/mol. The molecule has 1 aromatic rings. The van der Waals surface area contributed by atoms with Crippen molar-refractivity contribution in [3.8, 4) is 0 Å². The summed E-state index contributed by atoms with van der Waals surface area (Å²) in [5, 5.41) is 3.01. The molecule has 0 aromatic heterocycles. The number of hydrogen-bond donors (Lipinski definition) is 1. The van der Waals surface area contributed by atoms with Crippen LogP contribution in [0.3, 0.4) is 0 Å². The van der Waals surface area contributed by atoms with E-state index in [2.05, 4.69) is 48.3 Å². The van der Waals surface area contributed by atoms with Crippen molar-refractivity contribution in [2.75, 3.05) is 18.0 Å². The molecule has 1 atom stereocenters. The van der Waals surface area contributed by atoms with E-state index in [1.54, 1.807) is 0 Å². The molecule has 0 aliphatic carbocycles. The molecule has 1 N–H and O–H groups in total. The molecular formula is C17H26N2O. The van der Waals surface area contributed by atoms with E-state index in [1.165, 1.54) is 24.1 Å². The van der Waals surface area contributed by atoms with Gasteiger partial charge in [0.2, 0.25) is 5.91 Å². The second-order valence-electron chi connectivity index (χ2n) is 5.68. The minimum Gasteiger partial charge on any atom is -0.368 e. The van der Waals surface area contributed by atoms with E-state index in [-0.39, 0.29) is 5.91 Å². The molecule has 2 rings (SSSR count). The standard InChI is InChI=1S/C17H26N2O/c1-3-4-7-11-18-17(20)10-12-19-14(2)13-15-8-5-6-9-16(15)19/h5-6,8-9,14H,3-4,7,10-13H2,1-2H3,(H,18,20). The highest BCUT2D eigenvalue weighted by Crippen LogP contribution is 2.31. The van der Waals surface area contributed by atoms with Crippen LogP contribution in [-0.4, -0.2) is 25.0 Å². The van der Waals surface area contributed by atoms with Gasteiger partial charge in [0.25, 0.3) is 0 Å². The number of carbonyl (C=O) groups is 1. The third kappa shape index (κ3) is 3.75. The molecule has 0 saturated carbocycles. The number of hydrogen-bond acceptors (Lipinski definition) is 2. The van der Waals surface area contributed by atoms with Gasteiger partial charge in [0.05, 0.1) is 0 Å². The van der Waals surface area contributed by atoms with Crippen molar-refractivity contribution in [3.63, 3.8) is 0 Å². The second kappa shape index (κ2) is 7.32. The van der Waals surface area contributed by atoms with Crippen LogP contribution in [0.1, 0.15) is 45.1 Å². The zero-order chi connectivity index (χ0) is 14.4. The first-order valence-electron chi connectivity index (χ1n) is 7.83. The van der Waals surface area contributed by atoms with Crippen molar-refractivity contribution in [3.05, 3.63) is 29.8 Å². The maximum Gasteiger partial charge on any atom is 0.221 e. The van der Waals surface area contributed by atoms with Gasteiger partial charge in [-0.05, 0) is 31.4 Å². The van der Waals surface area contributed by atoms with Crippen molar-refractivity contribution in [1.82, 2.24) is 5.32 Å². The lowest BCUT2D eigenvalue weighted by Crippen LogP contribution is -2.34. The van der Waals surface area contributed by atoms with E-state index < -0.39 is 0 Å². The number of para-hydroxylation sites is 1. The maximum atomic E-state index is 11.8. The average Bonchev–Trinajstić information content (AvgIpc) is 2.77. The molecule has 0 spiro atoms. The summed E-state index contributed by atoms with van der Waals surface area (Å²) in [6.45, 7) is 6.05. The normalized spacial score (nSPS) is 17.1. The zero-order valence-electron chi connectivity index (χ0n) is 12.7. The SMILES string of the molecule is CCCCCNC(=O)CCN1c2ccccc2CC1C. The predicted molar refractivity (Wildman–Crippen MR) is 84.1 cm³/mol. The number of carbonyl (C=O) groups excluding carboxylic acids is 1. The van der Waals surface area contributed by atoms with E-state index in [9.17, 15) is 4.79 Å². The molecule has 0 saturated heterocycles. The summed E-state index contributed by atoms with van der Waals surface area (Å²) in [4.78, 5) is 14.2.